The van der Waals surface area contributed by atoms with Gasteiger partial charge in [-0.1, -0.05) is 66.7 Å². The molecule has 3 aromatic carbocycles. The number of carbonyl (C=O) groups excluding carboxylic acids is 1. The van der Waals surface area contributed by atoms with Gasteiger partial charge < -0.3 is 0 Å². The lowest BCUT2D eigenvalue weighted by Gasteiger charge is -2.31. The van der Waals surface area contributed by atoms with Gasteiger partial charge in [0.25, 0.3) is 0 Å². The van der Waals surface area contributed by atoms with Crippen LogP contribution in [-0.2, 0) is 0 Å². The van der Waals surface area contributed by atoms with Crippen LogP contribution in [-0.4, -0.2) is 11.8 Å². The van der Waals surface area contributed by atoms with Gasteiger partial charge in [-0.05, 0) is 30.2 Å². The number of hydrogen-bond acceptors (Lipinski definition) is 3. The molecule has 0 radical (unpaired) electrons. The van der Waals surface area contributed by atoms with E-state index < -0.39 is 29.2 Å². The fraction of sp³-hybridized carbons (Fsp3) is 0.179. The first-order valence-corrected chi connectivity index (χ1v) is 10.8. The molecule has 5 rings (SSSR count). The summed E-state index contributed by atoms with van der Waals surface area (Å²) in [5, 5.41) is 21.0. The number of nitrogens with zero attached hydrogens (tertiary/aromatic N) is 2. The minimum atomic E-state index is -1.56. The lowest BCUT2D eigenvalue weighted by molar-refractivity contribution is -0.885. The molecule has 5 heteroatoms. The maximum absolute atomic E-state index is 14.3. The topological polar surface area (TPSA) is 69.1 Å². The highest BCUT2D eigenvalue weighted by molar-refractivity contribution is 6.00. The molecule has 2 aliphatic rings. The molecular weight excluding hydrogens is 413 g/mol. The van der Waals surface area contributed by atoms with Crippen molar-refractivity contribution in [2.45, 2.75) is 24.9 Å². The van der Waals surface area contributed by atoms with E-state index in [-0.39, 0.29) is 5.78 Å². The van der Waals surface area contributed by atoms with E-state index in [2.05, 4.69) is 12.1 Å². The van der Waals surface area contributed by atoms with E-state index in [0.29, 0.717) is 11.1 Å². The van der Waals surface area contributed by atoms with E-state index in [4.69, 9.17) is 0 Å². The minimum Gasteiger partial charge on any atom is -0.290 e. The van der Waals surface area contributed by atoms with Crippen molar-refractivity contribution in [2.75, 3.05) is 0 Å². The SMILES string of the molecule is CC1=C[NH+]2[C@@H](c3ccccc31)C(C#N)(C#N)[C@H](c1cccc(F)c1)[C@@H]2C(=O)c1ccccc1. The maximum atomic E-state index is 14.3. The molecule has 3 aromatic rings. The number of ketones is 1. The molecule has 0 aromatic heterocycles. The van der Waals surface area contributed by atoms with E-state index in [1.54, 1.807) is 36.4 Å². The standard InChI is InChI=1S/C28H20FN3O/c1-18-15-32-25(26(33)19-8-3-2-4-9-19)24(20-10-7-11-21(29)14-20)28(16-30,17-31)27(32)23-13-6-5-12-22(18)23/h2-15,24-25,27H,1H3/p+1/t24-,25-,27+/m1/s1. The van der Waals surface area contributed by atoms with Crippen molar-refractivity contribution in [3.05, 3.63) is 113 Å². The zero-order chi connectivity index (χ0) is 23.2. The number of nitriles is 2. The molecule has 4 nitrogen and oxygen atoms in total. The number of rotatable bonds is 3. The molecular formula is C28H21FN3O+. The third-order valence-electron chi connectivity index (χ3n) is 6.97. The molecule has 4 atom stereocenters. The molecule has 1 unspecified atom stereocenters. The van der Waals surface area contributed by atoms with E-state index >= 15 is 0 Å². The predicted octanol–water partition coefficient (Wildman–Crippen LogP) is 4.21. The van der Waals surface area contributed by atoms with Gasteiger partial charge in [-0.15, -0.1) is 0 Å². The van der Waals surface area contributed by atoms with Gasteiger partial charge in [0.2, 0.25) is 11.2 Å². The largest absolute Gasteiger partial charge is 0.290 e. The molecule has 2 aliphatic heterocycles. The van der Waals surface area contributed by atoms with Crippen LogP contribution in [0.1, 0.15) is 45.9 Å². The summed E-state index contributed by atoms with van der Waals surface area (Å²) < 4.78 is 14.3. The van der Waals surface area contributed by atoms with Gasteiger partial charge in [0.05, 0.1) is 24.3 Å². The third kappa shape index (κ3) is 3.02. The Labute approximate surface area is 191 Å². The number of benzene rings is 3. The lowest BCUT2D eigenvalue weighted by Crippen LogP contribution is -3.12. The second-order valence-electron chi connectivity index (χ2n) is 8.68. The van der Waals surface area contributed by atoms with Crippen LogP contribution >= 0.6 is 0 Å². The van der Waals surface area contributed by atoms with Gasteiger partial charge in [0.15, 0.2) is 12.1 Å². The van der Waals surface area contributed by atoms with Gasteiger partial charge in [-0.25, -0.2) is 4.39 Å². The minimum absolute atomic E-state index is 0.166. The van der Waals surface area contributed by atoms with E-state index in [9.17, 15) is 19.7 Å². The molecule has 0 aliphatic carbocycles. The number of quaternary nitrogens is 1. The molecule has 160 valence electrons. The number of allylic oxidation sites excluding steroid dienone is 1. The number of hydrogen-bond donors (Lipinski definition) is 1. The molecule has 0 saturated carbocycles. The summed E-state index contributed by atoms with van der Waals surface area (Å²) in [7, 11) is 0. The van der Waals surface area contributed by atoms with Crippen molar-refractivity contribution in [1.29, 1.82) is 10.5 Å². The second kappa shape index (κ2) is 7.81. The first-order valence-electron chi connectivity index (χ1n) is 10.8. The van der Waals surface area contributed by atoms with Crippen molar-refractivity contribution < 1.29 is 14.1 Å². The van der Waals surface area contributed by atoms with Crippen molar-refractivity contribution in [3.8, 4) is 12.1 Å². The first-order chi connectivity index (χ1) is 16.0. The van der Waals surface area contributed by atoms with Crippen LogP contribution in [0.4, 0.5) is 4.39 Å². The molecule has 33 heavy (non-hydrogen) atoms. The van der Waals surface area contributed by atoms with Crippen LogP contribution in [0.25, 0.3) is 5.57 Å². The van der Waals surface area contributed by atoms with E-state index in [0.717, 1.165) is 21.6 Å². The maximum Gasteiger partial charge on any atom is 0.221 e. The Kier molecular flexibility index (Phi) is 4.93. The van der Waals surface area contributed by atoms with E-state index in [1.807, 2.05) is 43.5 Å². The Morgan fingerprint density at radius 2 is 1.67 bits per heavy atom. The monoisotopic (exact) mass is 434 g/mol. The normalized spacial score (nSPS) is 24.5. The quantitative estimate of drug-likeness (QED) is 0.628. The number of carbonyl (C=O) groups is 1. The molecule has 1 saturated heterocycles. The fourth-order valence-electron chi connectivity index (χ4n) is 5.64. The zero-order valence-corrected chi connectivity index (χ0v) is 18.0. The summed E-state index contributed by atoms with van der Waals surface area (Å²) in [5.41, 5.74) is 2.23. The van der Waals surface area contributed by atoms with Crippen LogP contribution in [0.15, 0.2) is 85.1 Å². The van der Waals surface area contributed by atoms with Crippen molar-refractivity contribution in [3.63, 3.8) is 0 Å². The summed E-state index contributed by atoms with van der Waals surface area (Å²) in [6, 6.07) is 25.8. The summed E-state index contributed by atoms with van der Waals surface area (Å²) in [5.74, 6) is -1.44. The highest BCUT2D eigenvalue weighted by atomic mass is 19.1. The average Bonchev–Trinajstić information content (AvgIpc) is 3.15. The van der Waals surface area contributed by atoms with E-state index in [1.165, 1.54) is 12.1 Å². The summed E-state index contributed by atoms with van der Waals surface area (Å²) in [6.07, 6.45) is 1.96. The molecule has 0 spiro atoms. The Hall–Kier alpha value is -4.06. The van der Waals surface area contributed by atoms with Crippen molar-refractivity contribution in [2.24, 2.45) is 5.41 Å². The van der Waals surface area contributed by atoms with Gasteiger partial charge >= 0.3 is 0 Å². The van der Waals surface area contributed by atoms with Gasteiger partial charge in [0.1, 0.15) is 5.82 Å². The summed E-state index contributed by atoms with van der Waals surface area (Å²) in [6.45, 7) is 1.97. The third-order valence-corrected chi connectivity index (χ3v) is 6.97. The van der Waals surface area contributed by atoms with Gasteiger partial charge in [-0.2, -0.15) is 10.5 Å². The Morgan fingerprint density at radius 1 is 0.970 bits per heavy atom. The van der Waals surface area contributed by atoms with Crippen LogP contribution in [0.2, 0.25) is 0 Å². The number of nitrogens with one attached hydrogen (secondary N) is 1. The van der Waals surface area contributed by atoms with Crippen LogP contribution in [0.3, 0.4) is 0 Å². The fourth-order valence-corrected chi connectivity index (χ4v) is 5.64. The second-order valence-corrected chi connectivity index (χ2v) is 8.68. The molecule has 0 amide bonds. The highest BCUT2D eigenvalue weighted by Crippen LogP contribution is 2.52. The first kappa shape index (κ1) is 20.8. The van der Waals surface area contributed by atoms with Crippen LogP contribution < -0.4 is 4.90 Å². The Bertz CT molecular complexity index is 1350. The summed E-state index contributed by atoms with van der Waals surface area (Å²) in [4.78, 5) is 14.7. The zero-order valence-electron chi connectivity index (χ0n) is 18.0. The molecule has 2 heterocycles. The predicted molar refractivity (Wildman–Crippen MR) is 121 cm³/mol. The molecule has 0 bridgehead atoms. The number of Topliss-reactive ketones (excluding diaryl/α,β-unsaturated/α-hetero) is 1. The Morgan fingerprint density at radius 3 is 2.36 bits per heavy atom. The van der Waals surface area contributed by atoms with Crippen LogP contribution in [0.5, 0.6) is 0 Å². The number of fused-ring (bicyclic) bond motifs is 3. The van der Waals surface area contributed by atoms with Crippen LogP contribution in [0, 0.1) is 33.9 Å². The van der Waals surface area contributed by atoms with Crippen molar-refractivity contribution >= 4 is 11.4 Å². The average molecular weight is 434 g/mol. The lowest BCUT2D eigenvalue weighted by atomic mass is 9.67. The Balaban J connectivity index is 1.81. The number of halogens is 1. The molecule has 1 N–H and O–H groups in total. The smallest absolute Gasteiger partial charge is 0.221 e. The van der Waals surface area contributed by atoms with Gasteiger partial charge in [0, 0.05) is 16.7 Å². The van der Waals surface area contributed by atoms with Gasteiger partial charge in [-0.3, -0.25) is 9.69 Å². The molecule has 1 fully saturated rings. The summed E-state index contributed by atoms with van der Waals surface area (Å²) >= 11 is 0. The highest BCUT2D eigenvalue weighted by Gasteiger charge is 2.68. The van der Waals surface area contributed by atoms with Crippen molar-refractivity contribution in [1.82, 2.24) is 0 Å².